The highest BCUT2D eigenvalue weighted by Crippen LogP contribution is 2.23. The normalized spacial score (nSPS) is 11.8. The Balaban J connectivity index is 2.14. The molecule has 2 rings (SSSR count). The van der Waals surface area contributed by atoms with Gasteiger partial charge in [0.05, 0.1) is 12.3 Å². The zero-order valence-electron chi connectivity index (χ0n) is 9.01. The van der Waals surface area contributed by atoms with E-state index in [-0.39, 0.29) is 5.91 Å². The Morgan fingerprint density at radius 3 is 3.18 bits per heavy atom. The van der Waals surface area contributed by atoms with E-state index in [0.29, 0.717) is 16.5 Å². The third-order valence-corrected chi connectivity index (χ3v) is 2.87. The van der Waals surface area contributed by atoms with E-state index in [4.69, 9.17) is 9.68 Å². The molecule has 6 heteroatoms. The number of aromatic nitrogens is 1. The van der Waals surface area contributed by atoms with Gasteiger partial charge in [-0.3, -0.25) is 4.79 Å². The van der Waals surface area contributed by atoms with Crippen LogP contribution in [0.4, 0.5) is 0 Å². The minimum Gasteiger partial charge on any atom is -0.462 e. The van der Waals surface area contributed by atoms with Gasteiger partial charge in [0.1, 0.15) is 11.7 Å². The summed E-state index contributed by atoms with van der Waals surface area (Å²) in [6, 6.07) is 4.93. The van der Waals surface area contributed by atoms with Crippen molar-refractivity contribution in [3.63, 3.8) is 0 Å². The van der Waals surface area contributed by atoms with Crippen molar-refractivity contribution in [3.8, 4) is 16.8 Å². The lowest BCUT2D eigenvalue weighted by Crippen LogP contribution is -2.31. The Morgan fingerprint density at radius 2 is 2.53 bits per heavy atom. The number of hydrogen-bond donors (Lipinski definition) is 1. The largest absolute Gasteiger partial charge is 0.462 e. The fourth-order valence-electron chi connectivity index (χ4n) is 1.19. The van der Waals surface area contributed by atoms with Crippen molar-refractivity contribution in [1.82, 2.24) is 10.3 Å². The number of rotatable bonds is 3. The van der Waals surface area contributed by atoms with Crippen LogP contribution in [0.15, 0.2) is 28.2 Å². The molecule has 0 saturated heterocycles. The summed E-state index contributed by atoms with van der Waals surface area (Å²) in [5.41, 5.74) is 0.295. The summed E-state index contributed by atoms with van der Waals surface area (Å²) in [6.45, 7) is 1.61. The summed E-state index contributed by atoms with van der Waals surface area (Å²) >= 11 is 1.32. The highest BCUT2D eigenvalue weighted by atomic mass is 32.1. The van der Waals surface area contributed by atoms with Gasteiger partial charge >= 0.3 is 0 Å². The molecule has 0 aliphatic heterocycles. The van der Waals surface area contributed by atoms with Crippen LogP contribution in [-0.2, 0) is 0 Å². The van der Waals surface area contributed by atoms with Crippen LogP contribution in [0.3, 0.4) is 0 Å². The number of thiazole rings is 1. The summed E-state index contributed by atoms with van der Waals surface area (Å²) in [5, 5.41) is 13.4. The second-order valence-corrected chi connectivity index (χ2v) is 4.20. The first kappa shape index (κ1) is 11.4. The quantitative estimate of drug-likeness (QED) is 0.900. The predicted molar refractivity (Wildman–Crippen MR) is 62.4 cm³/mol. The number of nitrogens with zero attached hydrogens (tertiary/aromatic N) is 2. The molecule has 1 unspecified atom stereocenters. The Morgan fingerprint density at radius 1 is 1.71 bits per heavy atom. The fraction of sp³-hybridized carbons (Fsp3) is 0.182. The number of furan rings is 1. The topological polar surface area (TPSA) is 78.9 Å². The van der Waals surface area contributed by atoms with Crippen molar-refractivity contribution in [2.45, 2.75) is 13.0 Å². The van der Waals surface area contributed by atoms with Crippen LogP contribution in [-0.4, -0.2) is 16.9 Å². The molecule has 2 heterocycles. The summed E-state index contributed by atoms with van der Waals surface area (Å²) in [7, 11) is 0. The molecule has 0 saturated carbocycles. The zero-order chi connectivity index (χ0) is 12.3. The second-order valence-electron chi connectivity index (χ2n) is 3.34. The molecule has 0 aliphatic carbocycles. The molecule has 0 fully saturated rings. The zero-order valence-corrected chi connectivity index (χ0v) is 9.82. The molecule has 2 aromatic rings. The molecule has 0 bridgehead atoms. The average Bonchev–Trinajstić information content (AvgIpc) is 2.98. The van der Waals surface area contributed by atoms with Crippen molar-refractivity contribution < 1.29 is 9.21 Å². The molecule has 1 amide bonds. The first-order chi connectivity index (χ1) is 8.20. The summed E-state index contributed by atoms with van der Waals surface area (Å²) in [6.07, 6.45) is 1.55. The van der Waals surface area contributed by atoms with Crippen LogP contribution in [0.1, 0.15) is 17.4 Å². The molecule has 0 aliphatic rings. The molecular weight excluding hydrogens is 238 g/mol. The lowest BCUT2D eigenvalue weighted by Gasteiger charge is -2.02. The van der Waals surface area contributed by atoms with E-state index < -0.39 is 6.04 Å². The number of amides is 1. The van der Waals surface area contributed by atoms with Gasteiger partial charge in [-0.15, -0.1) is 11.3 Å². The van der Waals surface area contributed by atoms with E-state index in [0.717, 1.165) is 0 Å². The van der Waals surface area contributed by atoms with E-state index in [9.17, 15) is 4.79 Å². The van der Waals surface area contributed by atoms with Crippen LogP contribution in [0, 0.1) is 11.3 Å². The molecule has 0 radical (unpaired) electrons. The average molecular weight is 247 g/mol. The first-order valence-corrected chi connectivity index (χ1v) is 5.78. The highest BCUT2D eigenvalue weighted by molar-refractivity contribution is 7.13. The van der Waals surface area contributed by atoms with Crippen LogP contribution in [0.5, 0.6) is 0 Å². The molecule has 5 nitrogen and oxygen atoms in total. The van der Waals surface area contributed by atoms with Crippen LogP contribution >= 0.6 is 11.3 Å². The lowest BCUT2D eigenvalue weighted by atomic mass is 10.3. The van der Waals surface area contributed by atoms with Gasteiger partial charge in [0.15, 0.2) is 10.8 Å². The van der Waals surface area contributed by atoms with Crippen LogP contribution in [0.2, 0.25) is 0 Å². The summed E-state index contributed by atoms with van der Waals surface area (Å²) < 4.78 is 5.18. The Labute approximate surface area is 102 Å². The summed E-state index contributed by atoms with van der Waals surface area (Å²) in [5.74, 6) is 0.274. The van der Waals surface area contributed by atoms with Crippen LogP contribution < -0.4 is 5.32 Å². The lowest BCUT2D eigenvalue weighted by molar-refractivity contribution is 0.0943. The number of nitriles is 1. The molecule has 17 heavy (non-hydrogen) atoms. The minimum atomic E-state index is -0.531. The highest BCUT2D eigenvalue weighted by Gasteiger charge is 2.14. The monoisotopic (exact) mass is 247 g/mol. The molecule has 1 N–H and O–H groups in total. The number of carbonyl (C=O) groups is 1. The van der Waals surface area contributed by atoms with Gasteiger partial charge < -0.3 is 9.73 Å². The number of nitrogens with one attached hydrogen (secondary N) is 1. The third-order valence-electron chi connectivity index (χ3n) is 2.01. The number of hydrogen-bond acceptors (Lipinski definition) is 5. The van der Waals surface area contributed by atoms with E-state index in [2.05, 4.69) is 10.3 Å². The van der Waals surface area contributed by atoms with E-state index >= 15 is 0 Å². The maximum atomic E-state index is 11.6. The molecule has 0 aromatic carbocycles. The van der Waals surface area contributed by atoms with Crippen molar-refractivity contribution in [3.05, 3.63) is 29.5 Å². The van der Waals surface area contributed by atoms with Gasteiger partial charge in [0.2, 0.25) is 0 Å². The van der Waals surface area contributed by atoms with Gasteiger partial charge in [-0.25, -0.2) is 4.98 Å². The van der Waals surface area contributed by atoms with E-state index in [1.165, 1.54) is 11.3 Å². The minimum absolute atomic E-state index is 0.295. The molecule has 2 aromatic heterocycles. The SMILES string of the molecule is CC(C#N)NC(=O)c1csc(-c2ccco2)n1. The molecular formula is C11H9N3O2S. The van der Waals surface area contributed by atoms with E-state index in [1.54, 1.807) is 30.7 Å². The molecule has 1 atom stereocenters. The smallest absolute Gasteiger partial charge is 0.271 e. The first-order valence-electron chi connectivity index (χ1n) is 4.90. The van der Waals surface area contributed by atoms with Gasteiger partial charge in [0, 0.05) is 5.38 Å². The number of carbonyl (C=O) groups excluding carboxylic acids is 1. The fourth-order valence-corrected chi connectivity index (χ4v) is 1.96. The van der Waals surface area contributed by atoms with Gasteiger partial charge in [-0.1, -0.05) is 0 Å². The maximum absolute atomic E-state index is 11.6. The van der Waals surface area contributed by atoms with E-state index in [1.807, 2.05) is 6.07 Å². The van der Waals surface area contributed by atoms with Gasteiger partial charge in [-0.2, -0.15) is 5.26 Å². The van der Waals surface area contributed by atoms with Crippen molar-refractivity contribution in [2.24, 2.45) is 0 Å². The standard InChI is InChI=1S/C11H9N3O2S/c1-7(5-12)13-10(15)8-6-17-11(14-8)9-3-2-4-16-9/h2-4,6-7H,1H3,(H,13,15). The second kappa shape index (κ2) is 4.80. The Hall–Kier alpha value is -2.13. The molecule has 0 spiro atoms. The third kappa shape index (κ3) is 2.52. The predicted octanol–water partition coefficient (Wildman–Crippen LogP) is 2.04. The Kier molecular flexibility index (Phi) is 3.21. The van der Waals surface area contributed by atoms with Gasteiger partial charge in [-0.05, 0) is 19.1 Å². The van der Waals surface area contributed by atoms with Crippen molar-refractivity contribution in [2.75, 3.05) is 0 Å². The maximum Gasteiger partial charge on any atom is 0.271 e. The molecule has 86 valence electrons. The van der Waals surface area contributed by atoms with Crippen molar-refractivity contribution in [1.29, 1.82) is 5.26 Å². The van der Waals surface area contributed by atoms with Crippen LogP contribution in [0.25, 0.3) is 10.8 Å². The summed E-state index contributed by atoms with van der Waals surface area (Å²) in [4.78, 5) is 15.8. The van der Waals surface area contributed by atoms with Crippen molar-refractivity contribution >= 4 is 17.2 Å². The Bertz CT molecular complexity index is 554. The van der Waals surface area contributed by atoms with Gasteiger partial charge in [0.25, 0.3) is 5.91 Å².